The van der Waals surface area contributed by atoms with E-state index in [0.717, 1.165) is 10.4 Å². The van der Waals surface area contributed by atoms with Gasteiger partial charge in [0, 0.05) is 19.1 Å². The van der Waals surface area contributed by atoms with Crippen molar-refractivity contribution in [1.29, 1.82) is 0 Å². The molecule has 1 aromatic heterocycles. The van der Waals surface area contributed by atoms with Crippen LogP contribution in [0.1, 0.15) is 5.69 Å². The van der Waals surface area contributed by atoms with E-state index in [-0.39, 0.29) is 12.4 Å². The molecule has 3 heteroatoms. The molecular formula is C6H8ClNO. The summed E-state index contributed by atoms with van der Waals surface area (Å²) >= 11 is 0. The normalized spacial score (nSPS) is 8.11. The Balaban J connectivity index is 0.000000640. The molecule has 50 valence electrons. The van der Waals surface area contributed by atoms with E-state index in [2.05, 4.69) is 0 Å². The number of hydrogen-bond donors (Lipinski definition) is 0. The molecule has 9 heavy (non-hydrogen) atoms. The lowest BCUT2D eigenvalue weighted by molar-refractivity contribution is -0.612. The summed E-state index contributed by atoms with van der Waals surface area (Å²) in [5.41, 5.74) is 0.729. The van der Waals surface area contributed by atoms with Crippen LogP contribution in [0.3, 0.4) is 0 Å². The van der Waals surface area contributed by atoms with Crippen LogP contribution in [0.5, 0.6) is 0 Å². The third-order valence-corrected chi connectivity index (χ3v) is 1.02. The van der Waals surface area contributed by atoms with E-state index in [0.29, 0.717) is 0 Å². The first-order chi connectivity index (χ1) is 3.80. The highest BCUT2D eigenvalue weighted by molar-refractivity contribution is 5.85. The maximum Gasteiger partial charge on any atom is 0.189 e. The number of aryl methyl sites for hydroxylation is 1. The number of pyridine rings is 1. The van der Waals surface area contributed by atoms with E-state index in [1.54, 1.807) is 19.1 Å². The molecular weight excluding hydrogens is 138 g/mol. The topological polar surface area (TPSA) is 26.9 Å². The number of halogens is 1. The van der Waals surface area contributed by atoms with Gasteiger partial charge in [-0.2, -0.15) is 4.73 Å². The molecule has 0 spiro atoms. The third kappa shape index (κ3) is 1.90. The Bertz CT molecular complexity index is 169. The predicted octanol–water partition coefficient (Wildman–Crippen LogP) is 1.05. The Morgan fingerprint density at radius 2 is 2.11 bits per heavy atom. The van der Waals surface area contributed by atoms with Gasteiger partial charge in [-0.25, -0.2) is 0 Å². The lowest BCUT2D eigenvalue weighted by Gasteiger charge is -1.95. The standard InChI is InChI=1S/C6H7NO.ClH/c1-6-4-2-3-5-7(6)8;/h2-5H,1H3;1H. The molecule has 0 amide bonds. The fourth-order valence-electron chi connectivity index (χ4n) is 0.514. The lowest BCUT2D eigenvalue weighted by atomic mass is 10.4. The van der Waals surface area contributed by atoms with Crippen LogP contribution >= 0.6 is 12.4 Å². The van der Waals surface area contributed by atoms with Gasteiger partial charge in [-0.3, -0.25) is 0 Å². The van der Waals surface area contributed by atoms with Crippen molar-refractivity contribution in [2.45, 2.75) is 6.92 Å². The summed E-state index contributed by atoms with van der Waals surface area (Å²) in [6.07, 6.45) is 1.48. The average Bonchev–Trinajstić information content (AvgIpc) is 1.77. The SMILES string of the molecule is Cc1cccc[n+]1[O-].Cl. The highest BCUT2D eigenvalue weighted by atomic mass is 35.5. The summed E-state index contributed by atoms with van der Waals surface area (Å²) in [5, 5.41) is 10.5. The van der Waals surface area contributed by atoms with Gasteiger partial charge in [-0.05, 0) is 0 Å². The Hall–Kier alpha value is -0.760. The van der Waals surface area contributed by atoms with Crippen LogP contribution in [-0.2, 0) is 0 Å². The van der Waals surface area contributed by atoms with E-state index < -0.39 is 0 Å². The van der Waals surface area contributed by atoms with Gasteiger partial charge in [0.25, 0.3) is 0 Å². The van der Waals surface area contributed by atoms with E-state index in [4.69, 9.17) is 0 Å². The van der Waals surface area contributed by atoms with Gasteiger partial charge < -0.3 is 5.21 Å². The van der Waals surface area contributed by atoms with E-state index in [1.165, 1.54) is 6.20 Å². The first kappa shape index (κ1) is 8.24. The highest BCUT2D eigenvalue weighted by Gasteiger charge is 1.89. The van der Waals surface area contributed by atoms with Crippen molar-refractivity contribution in [2.75, 3.05) is 0 Å². The minimum Gasteiger partial charge on any atom is -0.619 e. The van der Waals surface area contributed by atoms with Crippen molar-refractivity contribution in [3.8, 4) is 0 Å². The van der Waals surface area contributed by atoms with Crippen molar-refractivity contribution >= 4 is 12.4 Å². The maximum absolute atomic E-state index is 10.5. The average molecular weight is 146 g/mol. The molecule has 0 aliphatic heterocycles. The zero-order chi connectivity index (χ0) is 5.98. The summed E-state index contributed by atoms with van der Waals surface area (Å²) in [6, 6.07) is 5.32. The van der Waals surface area contributed by atoms with E-state index in [1.807, 2.05) is 6.07 Å². The van der Waals surface area contributed by atoms with Crippen molar-refractivity contribution in [2.24, 2.45) is 0 Å². The fraction of sp³-hybridized carbons (Fsp3) is 0.167. The zero-order valence-electron chi connectivity index (χ0n) is 5.07. The van der Waals surface area contributed by atoms with Gasteiger partial charge in [0.15, 0.2) is 11.9 Å². The molecule has 0 unspecified atom stereocenters. The smallest absolute Gasteiger partial charge is 0.189 e. The van der Waals surface area contributed by atoms with Gasteiger partial charge in [0.2, 0.25) is 0 Å². The lowest BCUT2D eigenvalue weighted by Crippen LogP contribution is -2.28. The fourth-order valence-corrected chi connectivity index (χ4v) is 0.514. The largest absolute Gasteiger partial charge is 0.619 e. The minimum absolute atomic E-state index is 0. The molecule has 0 aliphatic carbocycles. The number of rotatable bonds is 0. The van der Waals surface area contributed by atoms with Crippen LogP contribution in [-0.4, -0.2) is 0 Å². The molecule has 0 aromatic carbocycles. The van der Waals surface area contributed by atoms with E-state index >= 15 is 0 Å². The summed E-state index contributed by atoms with van der Waals surface area (Å²) in [7, 11) is 0. The van der Waals surface area contributed by atoms with Gasteiger partial charge >= 0.3 is 0 Å². The highest BCUT2D eigenvalue weighted by Crippen LogP contribution is 1.83. The first-order valence-electron chi connectivity index (χ1n) is 2.45. The number of hydrogen-bond acceptors (Lipinski definition) is 1. The van der Waals surface area contributed by atoms with Crippen molar-refractivity contribution in [3.05, 3.63) is 35.3 Å². The van der Waals surface area contributed by atoms with Gasteiger partial charge in [-0.15, -0.1) is 12.4 Å². The van der Waals surface area contributed by atoms with E-state index in [9.17, 15) is 5.21 Å². The molecule has 0 fully saturated rings. The summed E-state index contributed by atoms with van der Waals surface area (Å²) < 4.78 is 0.833. The second-order valence-corrected chi connectivity index (χ2v) is 1.67. The summed E-state index contributed by atoms with van der Waals surface area (Å²) in [4.78, 5) is 0. The van der Waals surface area contributed by atoms with Crippen LogP contribution in [0.15, 0.2) is 24.4 Å². The van der Waals surface area contributed by atoms with Crippen LogP contribution in [0.25, 0.3) is 0 Å². The number of nitrogens with zero attached hydrogens (tertiary/aromatic N) is 1. The van der Waals surface area contributed by atoms with Gasteiger partial charge in [-0.1, -0.05) is 6.07 Å². The predicted molar refractivity (Wildman–Crippen MR) is 37.4 cm³/mol. The second kappa shape index (κ2) is 3.30. The van der Waals surface area contributed by atoms with Crippen LogP contribution in [0.2, 0.25) is 0 Å². The monoisotopic (exact) mass is 145 g/mol. The molecule has 1 heterocycles. The van der Waals surface area contributed by atoms with Crippen LogP contribution in [0.4, 0.5) is 0 Å². The molecule has 0 saturated heterocycles. The molecule has 0 aliphatic rings. The summed E-state index contributed by atoms with van der Waals surface area (Å²) in [5.74, 6) is 0. The third-order valence-electron chi connectivity index (χ3n) is 1.02. The molecule has 2 nitrogen and oxygen atoms in total. The molecule has 0 atom stereocenters. The van der Waals surface area contributed by atoms with Crippen molar-refractivity contribution in [3.63, 3.8) is 0 Å². The zero-order valence-corrected chi connectivity index (χ0v) is 5.89. The molecule has 0 N–H and O–H groups in total. The number of aromatic nitrogens is 1. The molecule has 0 radical (unpaired) electrons. The molecule has 1 rings (SSSR count). The maximum atomic E-state index is 10.5. The molecule has 0 bridgehead atoms. The van der Waals surface area contributed by atoms with Gasteiger partial charge in [0.1, 0.15) is 0 Å². The minimum atomic E-state index is 0. The first-order valence-corrected chi connectivity index (χ1v) is 2.45. The quantitative estimate of drug-likeness (QED) is 0.396. The Morgan fingerprint density at radius 1 is 1.44 bits per heavy atom. The Morgan fingerprint density at radius 3 is 2.44 bits per heavy atom. The van der Waals surface area contributed by atoms with Gasteiger partial charge in [0.05, 0.1) is 0 Å². The van der Waals surface area contributed by atoms with Crippen LogP contribution < -0.4 is 4.73 Å². The Kier molecular flexibility index (Phi) is 3.02. The summed E-state index contributed by atoms with van der Waals surface area (Å²) in [6.45, 7) is 1.77. The molecule has 1 aromatic rings. The molecule has 0 saturated carbocycles. The van der Waals surface area contributed by atoms with Crippen molar-refractivity contribution < 1.29 is 4.73 Å². The second-order valence-electron chi connectivity index (χ2n) is 1.67. The van der Waals surface area contributed by atoms with Crippen molar-refractivity contribution in [1.82, 2.24) is 0 Å². The van der Waals surface area contributed by atoms with Crippen LogP contribution in [0, 0.1) is 12.1 Å². The Labute approximate surface area is 60.1 Å².